The van der Waals surface area contributed by atoms with Crippen LogP contribution in [0.3, 0.4) is 0 Å². The third-order valence-electron chi connectivity index (χ3n) is 3.22. The van der Waals surface area contributed by atoms with Gasteiger partial charge < -0.3 is 14.2 Å². The van der Waals surface area contributed by atoms with Crippen molar-refractivity contribution >= 4 is 6.16 Å². The number of hydrogen-bond donors (Lipinski definition) is 0. The molecule has 0 aliphatic carbocycles. The normalized spacial score (nSPS) is 22.8. The molecule has 3 atom stereocenters. The first-order chi connectivity index (χ1) is 13.1. The number of carbonyl (C=O) groups excluding carboxylic acids is 1. The minimum Gasteiger partial charge on any atom is -0.430 e. The molecule has 1 fully saturated rings. The summed E-state index contributed by atoms with van der Waals surface area (Å²) in [6, 6.07) is 0. The molecule has 0 N–H and O–H groups in total. The molecule has 0 aromatic heterocycles. The fourth-order valence-corrected chi connectivity index (χ4v) is 1.74. The molecule has 0 saturated carbocycles. The molecule has 1 aliphatic heterocycles. The van der Waals surface area contributed by atoms with Gasteiger partial charge in [0, 0.05) is 6.92 Å². The van der Waals surface area contributed by atoms with E-state index in [1.807, 2.05) is 0 Å². The average molecular weight is 474 g/mol. The monoisotopic (exact) mass is 474 g/mol. The Morgan fingerprint density at radius 2 is 1.43 bits per heavy atom. The molecule has 0 aromatic carbocycles. The fraction of sp³-hybridized carbons (Fsp3) is 0.923. The number of hydrogen-bond acceptors (Lipinski definition) is 6. The molecule has 178 valence electrons. The molecule has 3 unspecified atom stereocenters. The maximum atomic E-state index is 14.0. The fourth-order valence-electron chi connectivity index (χ4n) is 1.74. The first-order valence-corrected chi connectivity index (χ1v) is 7.53. The molecule has 1 rings (SSSR count). The lowest BCUT2D eigenvalue weighted by Crippen LogP contribution is -2.60. The van der Waals surface area contributed by atoms with Crippen molar-refractivity contribution in [3.05, 3.63) is 0 Å². The summed E-state index contributed by atoms with van der Waals surface area (Å²) in [4.78, 5) is 10.6. The van der Waals surface area contributed by atoms with Crippen LogP contribution < -0.4 is 0 Å². The Labute approximate surface area is 160 Å². The Morgan fingerprint density at radius 1 is 0.900 bits per heavy atom. The molecule has 6 nitrogen and oxygen atoms in total. The van der Waals surface area contributed by atoms with Crippen molar-refractivity contribution in [3.8, 4) is 0 Å². The predicted octanol–water partition coefficient (Wildman–Crippen LogP) is 4.33. The summed E-state index contributed by atoms with van der Waals surface area (Å²) in [5, 5.41) is 0. The topological polar surface area (TPSA) is 63.2 Å². The van der Waals surface area contributed by atoms with Crippen molar-refractivity contribution in [3.63, 3.8) is 0 Å². The van der Waals surface area contributed by atoms with E-state index in [-0.39, 0.29) is 13.5 Å². The van der Waals surface area contributed by atoms with Crippen LogP contribution >= 0.6 is 0 Å². The second-order valence-corrected chi connectivity index (χ2v) is 6.14. The SMILES string of the molecule is CC(F)(COCC1COC(=O)O1)OC(F)(F)C(C)(F)OC(F)(F)C(F)(F)C(F)(F)F. The van der Waals surface area contributed by atoms with Crippen molar-refractivity contribution in [1.29, 1.82) is 0 Å². The molecule has 1 aliphatic rings. The second-order valence-electron chi connectivity index (χ2n) is 6.14. The van der Waals surface area contributed by atoms with E-state index in [9.17, 15) is 53.1 Å². The van der Waals surface area contributed by atoms with Gasteiger partial charge in [-0.2, -0.15) is 39.5 Å². The van der Waals surface area contributed by atoms with Gasteiger partial charge in [0.15, 0.2) is 6.10 Å². The highest BCUT2D eigenvalue weighted by atomic mass is 19.4. The molecule has 0 amide bonds. The van der Waals surface area contributed by atoms with E-state index >= 15 is 0 Å². The number of rotatable bonds is 10. The van der Waals surface area contributed by atoms with Crippen LogP contribution in [0.1, 0.15) is 13.8 Å². The van der Waals surface area contributed by atoms with Crippen molar-refractivity contribution < 1.29 is 76.8 Å². The molecule has 1 heterocycles. The van der Waals surface area contributed by atoms with E-state index in [1.54, 1.807) is 0 Å². The van der Waals surface area contributed by atoms with Gasteiger partial charge in [0.05, 0.1) is 6.61 Å². The van der Waals surface area contributed by atoms with E-state index in [4.69, 9.17) is 0 Å². The van der Waals surface area contributed by atoms with E-state index in [2.05, 4.69) is 23.7 Å². The summed E-state index contributed by atoms with van der Waals surface area (Å²) in [5.41, 5.74) is 0. The summed E-state index contributed by atoms with van der Waals surface area (Å²) in [6.07, 6.45) is -21.8. The van der Waals surface area contributed by atoms with Gasteiger partial charge in [0.2, 0.25) is 5.85 Å². The Bertz CT molecular complexity index is 619. The molecular formula is C13H13F11O6. The standard InChI is InChI=1S/C13H13F11O6/c1-8(14,5-26-3-6-4-27-7(25)28-6)29-12(21,22)9(2,15)30-13(23,24)10(16,17)11(18,19)20/h6H,3-5H2,1-2H3. The van der Waals surface area contributed by atoms with Crippen LogP contribution in [0.5, 0.6) is 0 Å². The summed E-state index contributed by atoms with van der Waals surface area (Å²) >= 11 is 0. The largest absolute Gasteiger partial charge is 0.508 e. The van der Waals surface area contributed by atoms with Crippen LogP contribution in [0.15, 0.2) is 0 Å². The van der Waals surface area contributed by atoms with E-state index < -0.39 is 68.4 Å². The summed E-state index contributed by atoms with van der Waals surface area (Å²) < 4.78 is 162. The zero-order chi connectivity index (χ0) is 23.8. The van der Waals surface area contributed by atoms with E-state index in [1.165, 1.54) is 0 Å². The summed E-state index contributed by atoms with van der Waals surface area (Å²) in [6.45, 7) is -2.98. The van der Waals surface area contributed by atoms with Crippen LogP contribution in [0.2, 0.25) is 0 Å². The quantitative estimate of drug-likeness (QED) is 0.347. The molecule has 17 heteroatoms. The van der Waals surface area contributed by atoms with Gasteiger partial charge in [-0.15, -0.1) is 0 Å². The predicted molar refractivity (Wildman–Crippen MR) is 69.1 cm³/mol. The van der Waals surface area contributed by atoms with Crippen molar-refractivity contribution in [2.75, 3.05) is 19.8 Å². The molecule has 0 bridgehead atoms. The van der Waals surface area contributed by atoms with Crippen LogP contribution in [0.25, 0.3) is 0 Å². The number of cyclic esters (lactones) is 2. The molecule has 30 heavy (non-hydrogen) atoms. The maximum Gasteiger partial charge on any atom is 0.508 e. The third-order valence-corrected chi connectivity index (χ3v) is 3.22. The zero-order valence-corrected chi connectivity index (χ0v) is 14.8. The Morgan fingerprint density at radius 3 is 1.87 bits per heavy atom. The third kappa shape index (κ3) is 5.96. The van der Waals surface area contributed by atoms with Crippen LogP contribution in [0, 0.1) is 0 Å². The molecule has 0 spiro atoms. The minimum atomic E-state index is -7.08. The van der Waals surface area contributed by atoms with Crippen molar-refractivity contribution in [2.24, 2.45) is 0 Å². The van der Waals surface area contributed by atoms with Gasteiger partial charge in [0.25, 0.3) is 0 Å². The number of ether oxygens (including phenoxy) is 5. The number of halogens is 11. The van der Waals surface area contributed by atoms with Crippen LogP contribution in [0.4, 0.5) is 53.1 Å². The Kier molecular flexibility index (Phi) is 7.17. The van der Waals surface area contributed by atoms with Crippen molar-refractivity contribution in [1.82, 2.24) is 0 Å². The highest BCUT2D eigenvalue weighted by molar-refractivity contribution is 5.61. The average Bonchev–Trinajstić information content (AvgIpc) is 2.88. The highest BCUT2D eigenvalue weighted by Crippen LogP contribution is 2.51. The van der Waals surface area contributed by atoms with Gasteiger partial charge in [0.1, 0.15) is 13.2 Å². The van der Waals surface area contributed by atoms with Gasteiger partial charge in [-0.25, -0.2) is 13.6 Å². The first kappa shape index (κ1) is 26.4. The van der Waals surface area contributed by atoms with E-state index in [0.717, 1.165) is 0 Å². The van der Waals surface area contributed by atoms with Crippen LogP contribution in [-0.4, -0.2) is 68.1 Å². The van der Waals surface area contributed by atoms with E-state index in [0.29, 0.717) is 0 Å². The molecular weight excluding hydrogens is 461 g/mol. The highest BCUT2D eigenvalue weighted by Gasteiger charge is 2.77. The summed E-state index contributed by atoms with van der Waals surface area (Å²) in [7, 11) is 0. The number of carbonyl (C=O) groups is 1. The minimum absolute atomic E-state index is 0.163. The lowest BCUT2D eigenvalue weighted by Gasteiger charge is -2.37. The van der Waals surface area contributed by atoms with Gasteiger partial charge >= 0.3 is 36.3 Å². The van der Waals surface area contributed by atoms with Crippen molar-refractivity contribution in [2.45, 2.75) is 56.0 Å². The zero-order valence-electron chi connectivity index (χ0n) is 14.8. The second kappa shape index (κ2) is 8.14. The van der Waals surface area contributed by atoms with Crippen LogP contribution in [-0.2, 0) is 23.7 Å². The smallest absolute Gasteiger partial charge is 0.430 e. The van der Waals surface area contributed by atoms with Gasteiger partial charge in [-0.1, -0.05) is 0 Å². The maximum absolute atomic E-state index is 14.0. The Balaban J connectivity index is 2.80. The first-order valence-electron chi connectivity index (χ1n) is 7.53. The summed E-state index contributed by atoms with van der Waals surface area (Å²) in [5.74, 6) is -16.1. The molecule has 0 aromatic rings. The Hall–Kier alpha value is -1.62. The molecule has 0 radical (unpaired) electrons. The number of alkyl halides is 11. The molecule has 1 saturated heterocycles. The lowest BCUT2D eigenvalue weighted by atomic mass is 10.2. The lowest BCUT2D eigenvalue weighted by molar-refractivity contribution is -0.502. The van der Waals surface area contributed by atoms with Gasteiger partial charge in [-0.3, -0.25) is 9.47 Å². The van der Waals surface area contributed by atoms with Gasteiger partial charge in [-0.05, 0) is 6.92 Å².